The molecule has 22 heavy (non-hydrogen) atoms. The highest BCUT2D eigenvalue weighted by Gasteiger charge is 2.24. The minimum atomic E-state index is -0.0547. The fraction of sp³-hybridized carbons (Fsp3) is 0.529. The highest BCUT2D eigenvalue weighted by atomic mass is 32.2. The van der Waals surface area contributed by atoms with Crippen molar-refractivity contribution in [3.8, 4) is 0 Å². The Kier molecular flexibility index (Phi) is 4.71. The molecule has 1 aromatic rings. The third-order valence-corrected chi connectivity index (χ3v) is 5.16. The number of carbonyl (C=O) groups is 2. The molecule has 2 aliphatic rings. The standard InChI is InChI=1S/C17H22N2O2S/c1-19(10-16(20)18-14-6-7-14)17(21)11-22-15-8-5-12-3-2-4-13(12)9-15/h5,8-9,14H,2-4,6-7,10-11H2,1H3,(H,18,20). The van der Waals surface area contributed by atoms with Gasteiger partial charge in [-0.05, 0) is 55.4 Å². The first-order valence-corrected chi connectivity index (χ1v) is 8.88. The van der Waals surface area contributed by atoms with Crippen LogP contribution in [0.1, 0.15) is 30.4 Å². The van der Waals surface area contributed by atoms with Crippen LogP contribution in [0.5, 0.6) is 0 Å². The second-order valence-corrected chi connectivity index (χ2v) is 7.21. The lowest BCUT2D eigenvalue weighted by Gasteiger charge is -2.16. The first-order chi connectivity index (χ1) is 10.6. The molecule has 0 saturated heterocycles. The van der Waals surface area contributed by atoms with Crippen molar-refractivity contribution in [2.45, 2.75) is 43.0 Å². The van der Waals surface area contributed by atoms with Crippen LogP contribution in [0.4, 0.5) is 0 Å². The smallest absolute Gasteiger partial charge is 0.239 e. The van der Waals surface area contributed by atoms with Crippen LogP contribution in [0, 0.1) is 0 Å². The molecule has 0 bridgehead atoms. The summed E-state index contributed by atoms with van der Waals surface area (Å²) in [5.74, 6) is 0.323. The summed E-state index contributed by atoms with van der Waals surface area (Å²) in [5, 5.41) is 2.90. The van der Waals surface area contributed by atoms with Gasteiger partial charge in [-0.25, -0.2) is 0 Å². The SMILES string of the molecule is CN(CC(=O)NC1CC1)C(=O)CSc1ccc2c(c1)CCC2. The summed E-state index contributed by atoms with van der Waals surface area (Å²) >= 11 is 1.55. The fourth-order valence-electron chi connectivity index (χ4n) is 2.70. The van der Waals surface area contributed by atoms with Crippen LogP contribution < -0.4 is 5.32 Å². The van der Waals surface area contributed by atoms with Crippen LogP contribution in [0.15, 0.2) is 23.1 Å². The monoisotopic (exact) mass is 318 g/mol. The highest BCUT2D eigenvalue weighted by Crippen LogP contribution is 2.27. The van der Waals surface area contributed by atoms with E-state index in [0.29, 0.717) is 11.8 Å². The zero-order chi connectivity index (χ0) is 15.5. The van der Waals surface area contributed by atoms with Gasteiger partial charge in [0, 0.05) is 18.0 Å². The summed E-state index contributed by atoms with van der Waals surface area (Å²) in [6.45, 7) is 0.153. The molecule has 0 aliphatic heterocycles. The lowest BCUT2D eigenvalue weighted by molar-refractivity contribution is -0.132. The number of amides is 2. The number of rotatable bonds is 6. The normalized spacial score (nSPS) is 16.2. The maximum absolute atomic E-state index is 12.1. The molecule has 5 heteroatoms. The van der Waals surface area contributed by atoms with Crippen molar-refractivity contribution in [2.24, 2.45) is 0 Å². The zero-order valence-corrected chi connectivity index (χ0v) is 13.7. The van der Waals surface area contributed by atoms with Gasteiger partial charge in [0.25, 0.3) is 0 Å². The summed E-state index contributed by atoms with van der Waals surface area (Å²) in [6, 6.07) is 6.83. The number of likely N-dealkylation sites (N-methyl/N-ethyl adjacent to an activating group) is 1. The Labute approximate surface area is 135 Å². The molecule has 0 aromatic heterocycles. The second-order valence-electron chi connectivity index (χ2n) is 6.16. The largest absolute Gasteiger partial charge is 0.352 e. The summed E-state index contributed by atoms with van der Waals surface area (Å²) in [4.78, 5) is 26.5. The van der Waals surface area contributed by atoms with Crippen LogP contribution in [0.3, 0.4) is 0 Å². The number of fused-ring (bicyclic) bond motifs is 1. The molecule has 1 saturated carbocycles. The average Bonchev–Trinajstić information content (AvgIpc) is 3.17. The van der Waals surface area contributed by atoms with Crippen molar-refractivity contribution in [3.63, 3.8) is 0 Å². The highest BCUT2D eigenvalue weighted by molar-refractivity contribution is 8.00. The Morgan fingerprint density at radius 3 is 2.82 bits per heavy atom. The topological polar surface area (TPSA) is 49.4 Å². The number of carbonyl (C=O) groups excluding carboxylic acids is 2. The van der Waals surface area contributed by atoms with Crippen molar-refractivity contribution in [1.82, 2.24) is 10.2 Å². The van der Waals surface area contributed by atoms with Gasteiger partial charge < -0.3 is 10.2 Å². The predicted molar refractivity (Wildman–Crippen MR) is 88.0 cm³/mol. The zero-order valence-electron chi connectivity index (χ0n) is 12.9. The first kappa shape index (κ1) is 15.4. The maximum Gasteiger partial charge on any atom is 0.239 e. The summed E-state index contributed by atoms with van der Waals surface area (Å²) in [6.07, 6.45) is 5.70. The molecule has 0 heterocycles. The number of aryl methyl sites for hydroxylation is 2. The molecule has 0 radical (unpaired) electrons. The van der Waals surface area contributed by atoms with Crippen molar-refractivity contribution in [1.29, 1.82) is 0 Å². The summed E-state index contributed by atoms with van der Waals surface area (Å²) in [7, 11) is 1.69. The van der Waals surface area contributed by atoms with Gasteiger partial charge in [-0.1, -0.05) is 6.07 Å². The molecule has 118 valence electrons. The molecule has 4 nitrogen and oxygen atoms in total. The molecular formula is C17H22N2O2S. The van der Waals surface area contributed by atoms with E-state index in [1.54, 1.807) is 18.8 Å². The summed E-state index contributed by atoms with van der Waals surface area (Å²) in [5.41, 5.74) is 2.87. The van der Waals surface area contributed by atoms with Gasteiger partial charge in [0.05, 0.1) is 12.3 Å². The van der Waals surface area contributed by atoms with Gasteiger partial charge in [-0.2, -0.15) is 0 Å². The number of hydrogen-bond acceptors (Lipinski definition) is 3. The third kappa shape index (κ3) is 4.03. The van der Waals surface area contributed by atoms with Gasteiger partial charge in [0.1, 0.15) is 0 Å². The Balaban J connectivity index is 1.45. The van der Waals surface area contributed by atoms with Crippen LogP contribution >= 0.6 is 11.8 Å². The van der Waals surface area contributed by atoms with Gasteiger partial charge in [-0.3, -0.25) is 9.59 Å². The van der Waals surface area contributed by atoms with E-state index in [2.05, 4.69) is 23.5 Å². The van der Waals surface area contributed by atoms with Gasteiger partial charge in [-0.15, -0.1) is 11.8 Å². The van der Waals surface area contributed by atoms with Crippen LogP contribution in [-0.4, -0.2) is 42.1 Å². The molecule has 3 rings (SSSR count). The summed E-state index contributed by atoms with van der Waals surface area (Å²) < 4.78 is 0. The molecule has 0 spiro atoms. The molecule has 2 amide bonds. The predicted octanol–water partition coefficient (Wildman–Crippen LogP) is 2.00. The van der Waals surface area contributed by atoms with E-state index >= 15 is 0 Å². The van der Waals surface area contributed by atoms with Crippen LogP contribution in [-0.2, 0) is 22.4 Å². The fourth-order valence-corrected chi connectivity index (χ4v) is 3.60. The molecule has 1 N–H and O–H groups in total. The van der Waals surface area contributed by atoms with Crippen molar-refractivity contribution in [3.05, 3.63) is 29.3 Å². The van der Waals surface area contributed by atoms with E-state index in [0.717, 1.165) is 24.2 Å². The molecule has 0 unspecified atom stereocenters. The molecular weight excluding hydrogens is 296 g/mol. The van der Waals surface area contributed by atoms with E-state index in [-0.39, 0.29) is 18.4 Å². The average molecular weight is 318 g/mol. The van der Waals surface area contributed by atoms with Crippen LogP contribution in [0.2, 0.25) is 0 Å². The van der Waals surface area contributed by atoms with Crippen LogP contribution in [0.25, 0.3) is 0 Å². The van der Waals surface area contributed by atoms with Crippen molar-refractivity contribution >= 4 is 23.6 Å². The number of benzene rings is 1. The number of nitrogens with one attached hydrogen (secondary N) is 1. The minimum Gasteiger partial charge on any atom is -0.352 e. The Bertz CT molecular complexity index is 584. The molecule has 1 fully saturated rings. The lowest BCUT2D eigenvalue weighted by Crippen LogP contribution is -2.39. The Morgan fingerprint density at radius 1 is 1.27 bits per heavy atom. The molecule has 1 aromatic carbocycles. The first-order valence-electron chi connectivity index (χ1n) is 7.90. The van der Waals surface area contributed by atoms with E-state index < -0.39 is 0 Å². The van der Waals surface area contributed by atoms with Gasteiger partial charge >= 0.3 is 0 Å². The molecule has 0 atom stereocenters. The quantitative estimate of drug-likeness (QED) is 0.816. The van der Waals surface area contributed by atoms with Gasteiger partial charge in [0.2, 0.25) is 11.8 Å². The Hall–Kier alpha value is -1.49. The molecule has 2 aliphatic carbocycles. The Morgan fingerprint density at radius 2 is 2.05 bits per heavy atom. The van der Waals surface area contributed by atoms with Crippen molar-refractivity contribution in [2.75, 3.05) is 19.3 Å². The third-order valence-electron chi connectivity index (χ3n) is 4.18. The van der Waals surface area contributed by atoms with E-state index in [4.69, 9.17) is 0 Å². The maximum atomic E-state index is 12.1. The van der Waals surface area contributed by atoms with E-state index in [9.17, 15) is 9.59 Å². The number of nitrogens with zero attached hydrogens (tertiary/aromatic N) is 1. The van der Waals surface area contributed by atoms with Crippen molar-refractivity contribution < 1.29 is 9.59 Å². The minimum absolute atomic E-state index is 0.00329. The van der Waals surface area contributed by atoms with E-state index in [1.165, 1.54) is 28.9 Å². The number of hydrogen-bond donors (Lipinski definition) is 1. The second kappa shape index (κ2) is 6.73. The number of thioether (sulfide) groups is 1. The van der Waals surface area contributed by atoms with E-state index in [1.807, 2.05) is 0 Å². The lowest BCUT2D eigenvalue weighted by atomic mass is 10.1. The van der Waals surface area contributed by atoms with Gasteiger partial charge in [0.15, 0.2) is 0 Å².